The van der Waals surface area contributed by atoms with E-state index in [2.05, 4.69) is 0 Å². The second-order valence-electron chi connectivity index (χ2n) is 4.74. The maximum atomic E-state index is 11.0. The van der Waals surface area contributed by atoms with Gasteiger partial charge in [0.2, 0.25) is 5.75 Å². The van der Waals surface area contributed by atoms with Crippen LogP contribution in [-0.2, 0) is 0 Å². The normalized spacial score (nSPS) is 10.1. The molecule has 0 bridgehead atoms. The van der Waals surface area contributed by atoms with Crippen molar-refractivity contribution in [2.45, 2.75) is 13.8 Å². The average molecular weight is 286 g/mol. The third-order valence-corrected chi connectivity index (χ3v) is 3.17. The van der Waals surface area contributed by atoms with E-state index in [-0.39, 0.29) is 0 Å². The summed E-state index contributed by atoms with van der Waals surface area (Å²) in [6.07, 6.45) is 0.748. The summed E-state index contributed by atoms with van der Waals surface area (Å²) in [7, 11) is 3.06. The predicted octanol–water partition coefficient (Wildman–Crippen LogP) is 3.93. The zero-order valence-electron chi connectivity index (χ0n) is 12.6. The molecule has 2 aromatic carbocycles. The predicted molar refractivity (Wildman–Crippen MR) is 80.9 cm³/mol. The molecule has 0 aromatic heterocycles. The van der Waals surface area contributed by atoms with Gasteiger partial charge < -0.3 is 14.2 Å². The summed E-state index contributed by atoms with van der Waals surface area (Å²) < 4.78 is 16.5. The molecule has 21 heavy (non-hydrogen) atoms. The van der Waals surface area contributed by atoms with E-state index in [1.54, 1.807) is 12.1 Å². The van der Waals surface area contributed by atoms with Gasteiger partial charge >= 0.3 is 0 Å². The summed E-state index contributed by atoms with van der Waals surface area (Å²) in [6, 6.07) is 9.19. The lowest BCUT2D eigenvalue weighted by atomic mass is 10.1. The van der Waals surface area contributed by atoms with Gasteiger partial charge in [0.1, 0.15) is 12.0 Å². The van der Waals surface area contributed by atoms with Gasteiger partial charge in [0.25, 0.3) is 0 Å². The molecule has 4 nitrogen and oxygen atoms in total. The monoisotopic (exact) mass is 286 g/mol. The number of aryl methyl sites for hydroxylation is 2. The molecule has 0 saturated carbocycles. The third kappa shape index (κ3) is 3.16. The van der Waals surface area contributed by atoms with Crippen LogP contribution in [0.1, 0.15) is 21.5 Å². The van der Waals surface area contributed by atoms with E-state index in [1.807, 2.05) is 32.0 Å². The van der Waals surface area contributed by atoms with Crippen LogP contribution in [0, 0.1) is 13.8 Å². The fourth-order valence-electron chi connectivity index (χ4n) is 2.03. The molecule has 0 aliphatic rings. The van der Waals surface area contributed by atoms with E-state index >= 15 is 0 Å². The highest BCUT2D eigenvalue weighted by atomic mass is 16.5. The van der Waals surface area contributed by atoms with Crippen LogP contribution in [0.25, 0.3) is 0 Å². The minimum atomic E-state index is 0.452. The Morgan fingerprint density at radius 1 is 0.905 bits per heavy atom. The van der Waals surface area contributed by atoms with Gasteiger partial charge in [-0.3, -0.25) is 4.79 Å². The van der Waals surface area contributed by atoms with Crippen molar-refractivity contribution in [3.05, 3.63) is 47.0 Å². The molecule has 4 heteroatoms. The van der Waals surface area contributed by atoms with E-state index < -0.39 is 0 Å². The minimum Gasteiger partial charge on any atom is -0.493 e. The number of hydrogen-bond acceptors (Lipinski definition) is 4. The zero-order chi connectivity index (χ0) is 15.4. The van der Waals surface area contributed by atoms with Gasteiger partial charge in [-0.15, -0.1) is 0 Å². The van der Waals surface area contributed by atoms with Crippen LogP contribution in [0.2, 0.25) is 0 Å². The Kier molecular flexibility index (Phi) is 4.48. The van der Waals surface area contributed by atoms with Crippen LogP contribution in [-0.4, -0.2) is 20.5 Å². The van der Waals surface area contributed by atoms with Crippen molar-refractivity contribution in [1.29, 1.82) is 0 Å². The molecule has 0 spiro atoms. The number of carbonyl (C=O) groups excluding carboxylic acids is 1. The van der Waals surface area contributed by atoms with Gasteiger partial charge in [-0.1, -0.05) is 12.1 Å². The Labute approximate surface area is 124 Å². The maximum absolute atomic E-state index is 11.0. The Morgan fingerprint density at radius 3 is 2.24 bits per heavy atom. The molecule has 2 aromatic rings. The lowest BCUT2D eigenvalue weighted by Gasteiger charge is -2.15. The van der Waals surface area contributed by atoms with Crippen molar-refractivity contribution in [2.24, 2.45) is 0 Å². The first kappa shape index (κ1) is 14.9. The van der Waals surface area contributed by atoms with Gasteiger partial charge in [0, 0.05) is 5.56 Å². The molecule has 2 rings (SSSR count). The number of aldehydes is 1. The first-order valence-electron chi connectivity index (χ1n) is 6.55. The van der Waals surface area contributed by atoms with Crippen LogP contribution in [0.4, 0.5) is 0 Å². The minimum absolute atomic E-state index is 0.452. The third-order valence-electron chi connectivity index (χ3n) is 3.17. The van der Waals surface area contributed by atoms with Crippen LogP contribution < -0.4 is 14.2 Å². The van der Waals surface area contributed by atoms with Gasteiger partial charge in [-0.25, -0.2) is 0 Å². The summed E-state index contributed by atoms with van der Waals surface area (Å²) in [5.41, 5.74) is 2.55. The lowest BCUT2D eigenvalue weighted by molar-refractivity contribution is 0.112. The summed E-state index contributed by atoms with van der Waals surface area (Å²) in [4.78, 5) is 11.0. The van der Waals surface area contributed by atoms with Gasteiger partial charge in [-0.05, 0) is 43.2 Å². The molecule has 0 atom stereocenters. The van der Waals surface area contributed by atoms with E-state index in [9.17, 15) is 4.79 Å². The highest BCUT2D eigenvalue weighted by Crippen LogP contribution is 2.41. The van der Waals surface area contributed by atoms with Crippen molar-refractivity contribution >= 4 is 6.29 Å². The van der Waals surface area contributed by atoms with Crippen molar-refractivity contribution in [2.75, 3.05) is 14.2 Å². The molecule has 0 amide bonds. The lowest BCUT2D eigenvalue weighted by Crippen LogP contribution is -1.97. The Morgan fingerprint density at radius 2 is 1.62 bits per heavy atom. The van der Waals surface area contributed by atoms with Crippen molar-refractivity contribution < 1.29 is 19.0 Å². The molecule has 0 radical (unpaired) electrons. The molecule has 0 aliphatic carbocycles. The summed E-state index contributed by atoms with van der Waals surface area (Å²) in [6.45, 7) is 3.95. The molecule has 110 valence electrons. The van der Waals surface area contributed by atoms with E-state index in [0.717, 1.165) is 23.2 Å². The first-order valence-corrected chi connectivity index (χ1v) is 6.55. The standard InChI is InChI=1S/C17H18O4/c1-11-5-6-12(2)14(7-11)21-16-9-13(10-18)8-15(19-3)17(16)20-4/h5-10H,1-4H3. The van der Waals surface area contributed by atoms with Crippen LogP contribution in [0.15, 0.2) is 30.3 Å². The molecule has 0 unspecified atom stereocenters. The number of carbonyl (C=O) groups is 1. The number of benzene rings is 2. The van der Waals surface area contributed by atoms with E-state index in [1.165, 1.54) is 14.2 Å². The molecule has 0 fully saturated rings. The molecule has 0 heterocycles. The Hall–Kier alpha value is -2.49. The fourth-order valence-corrected chi connectivity index (χ4v) is 2.03. The van der Waals surface area contributed by atoms with Crippen molar-refractivity contribution in [1.82, 2.24) is 0 Å². The van der Waals surface area contributed by atoms with Gasteiger partial charge in [-0.2, -0.15) is 0 Å². The van der Waals surface area contributed by atoms with E-state index in [0.29, 0.717) is 22.8 Å². The molecule has 0 aliphatic heterocycles. The van der Waals surface area contributed by atoms with Crippen LogP contribution >= 0.6 is 0 Å². The molecular weight excluding hydrogens is 268 g/mol. The first-order chi connectivity index (χ1) is 10.1. The summed E-state index contributed by atoms with van der Waals surface area (Å²) >= 11 is 0. The largest absolute Gasteiger partial charge is 0.493 e. The molecular formula is C17H18O4. The number of rotatable bonds is 5. The highest BCUT2D eigenvalue weighted by molar-refractivity contribution is 5.78. The van der Waals surface area contributed by atoms with Crippen LogP contribution in [0.5, 0.6) is 23.0 Å². The van der Waals surface area contributed by atoms with Crippen molar-refractivity contribution in [3.8, 4) is 23.0 Å². The number of methoxy groups -OCH3 is 2. The quantitative estimate of drug-likeness (QED) is 0.781. The fraction of sp³-hybridized carbons (Fsp3) is 0.235. The van der Waals surface area contributed by atoms with E-state index in [4.69, 9.17) is 14.2 Å². The van der Waals surface area contributed by atoms with Gasteiger partial charge in [0.05, 0.1) is 14.2 Å². The highest BCUT2D eigenvalue weighted by Gasteiger charge is 2.15. The number of hydrogen-bond donors (Lipinski definition) is 0. The molecule has 0 saturated heterocycles. The van der Waals surface area contributed by atoms with Crippen molar-refractivity contribution in [3.63, 3.8) is 0 Å². The van der Waals surface area contributed by atoms with Gasteiger partial charge in [0.15, 0.2) is 11.5 Å². The summed E-state index contributed by atoms with van der Waals surface area (Å²) in [5, 5.41) is 0. The maximum Gasteiger partial charge on any atom is 0.203 e. The molecule has 0 N–H and O–H groups in total. The Bertz CT molecular complexity index is 662. The second-order valence-corrected chi connectivity index (χ2v) is 4.74. The topological polar surface area (TPSA) is 44.8 Å². The Balaban J connectivity index is 2.51. The SMILES string of the molecule is COc1cc(C=O)cc(Oc2cc(C)ccc2C)c1OC. The second kappa shape index (κ2) is 6.31. The zero-order valence-corrected chi connectivity index (χ0v) is 12.6. The smallest absolute Gasteiger partial charge is 0.203 e. The number of ether oxygens (including phenoxy) is 3. The summed E-state index contributed by atoms with van der Waals surface area (Å²) in [5.74, 6) is 2.09. The van der Waals surface area contributed by atoms with Crippen LogP contribution in [0.3, 0.4) is 0 Å². The average Bonchev–Trinajstić information content (AvgIpc) is 2.49.